The molecule has 140 valence electrons. The third-order valence-corrected chi connectivity index (χ3v) is 4.43. The Hall–Kier alpha value is -2.44. The summed E-state index contributed by atoms with van der Waals surface area (Å²) in [4.78, 5) is 0. The second kappa shape index (κ2) is 7.85. The third kappa shape index (κ3) is 3.18. The fraction of sp³-hybridized carbons (Fsp3) is 0.400. The molecule has 0 amide bonds. The van der Waals surface area contributed by atoms with Crippen molar-refractivity contribution < 1.29 is 28.4 Å². The molecule has 3 rings (SSSR count). The van der Waals surface area contributed by atoms with Gasteiger partial charge in [-0.05, 0) is 30.7 Å². The number of ether oxygens (including phenoxy) is 6. The van der Waals surface area contributed by atoms with Crippen LogP contribution in [-0.4, -0.2) is 41.7 Å². The minimum atomic E-state index is -1.13. The highest BCUT2D eigenvalue weighted by Gasteiger charge is 2.43. The van der Waals surface area contributed by atoms with Gasteiger partial charge in [-0.3, -0.25) is 0 Å². The van der Waals surface area contributed by atoms with Crippen LogP contribution in [0.5, 0.6) is 23.0 Å². The van der Waals surface area contributed by atoms with E-state index in [0.717, 1.165) is 17.5 Å². The maximum atomic E-state index is 6.21. The van der Waals surface area contributed by atoms with E-state index in [4.69, 9.17) is 28.4 Å². The first-order chi connectivity index (χ1) is 12.7. The number of hydrogen-bond acceptors (Lipinski definition) is 6. The lowest BCUT2D eigenvalue weighted by atomic mass is 9.94. The molecule has 0 atom stereocenters. The topological polar surface area (TPSA) is 55.4 Å². The highest BCUT2D eigenvalue weighted by molar-refractivity contribution is 5.52. The molecule has 6 nitrogen and oxygen atoms in total. The first-order valence-corrected chi connectivity index (χ1v) is 8.41. The molecular formula is C20H24O6. The molecule has 0 aliphatic carbocycles. The van der Waals surface area contributed by atoms with Crippen molar-refractivity contribution in [1.82, 2.24) is 0 Å². The van der Waals surface area contributed by atoms with Crippen molar-refractivity contribution in [2.24, 2.45) is 0 Å². The van der Waals surface area contributed by atoms with Gasteiger partial charge >= 0.3 is 0 Å². The van der Waals surface area contributed by atoms with Crippen LogP contribution in [0.1, 0.15) is 17.5 Å². The van der Waals surface area contributed by atoms with Gasteiger partial charge in [0, 0.05) is 12.1 Å². The molecule has 1 fully saturated rings. The lowest BCUT2D eigenvalue weighted by Gasteiger charge is -2.39. The van der Waals surface area contributed by atoms with Gasteiger partial charge < -0.3 is 28.4 Å². The Balaban J connectivity index is 2.20. The SMILES string of the molecule is COc1ccc(C2(c3ccc(OC)cc3OC)OCCCO2)c(OC)c1. The van der Waals surface area contributed by atoms with Crippen LogP contribution >= 0.6 is 0 Å². The van der Waals surface area contributed by atoms with Gasteiger partial charge in [0.2, 0.25) is 5.79 Å². The van der Waals surface area contributed by atoms with E-state index in [1.165, 1.54) is 0 Å². The largest absolute Gasteiger partial charge is 0.497 e. The molecule has 6 heteroatoms. The lowest BCUT2D eigenvalue weighted by Crippen LogP contribution is -2.39. The van der Waals surface area contributed by atoms with Crippen LogP contribution in [0.25, 0.3) is 0 Å². The monoisotopic (exact) mass is 360 g/mol. The van der Waals surface area contributed by atoms with Gasteiger partial charge in [-0.1, -0.05) is 0 Å². The van der Waals surface area contributed by atoms with Crippen molar-refractivity contribution in [3.05, 3.63) is 47.5 Å². The van der Waals surface area contributed by atoms with Crippen LogP contribution in [0.3, 0.4) is 0 Å². The Kier molecular flexibility index (Phi) is 5.54. The molecule has 0 radical (unpaired) electrons. The standard InChI is InChI=1S/C20H24O6/c1-21-14-6-8-16(18(12-14)23-3)20(25-10-5-11-26-20)17-9-7-15(22-2)13-19(17)24-4/h6-9,12-13H,5,10-11H2,1-4H3. The van der Waals surface area contributed by atoms with E-state index in [-0.39, 0.29) is 0 Å². The summed E-state index contributed by atoms with van der Waals surface area (Å²) in [5, 5.41) is 0. The molecule has 2 aromatic carbocycles. The zero-order chi connectivity index (χ0) is 18.6. The molecule has 1 heterocycles. The number of methoxy groups -OCH3 is 4. The summed E-state index contributed by atoms with van der Waals surface area (Å²) in [5.74, 6) is 1.48. The first kappa shape index (κ1) is 18.4. The molecule has 2 aromatic rings. The Morgan fingerprint density at radius 3 is 1.54 bits per heavy atom. The van der Waals surface area contributed by atoms with Crippen molar-refractivity contribution >= 4 is 0 Å². The van der Waals surface area contributed by atoms with Crippen molar-refractivity contribution in [2.45, 2.75) is 12.2 Å². The Bertz CT molecular complexity index is 694. The highest BCUT2D eigenvalue weighted by atomic mass is 16.7. The Morgan fingerprint density at radius 1 is 0.692 bits per heavy atom. The molecule has 26 heavy (non-hydrogen) atoms. The van der Waals surface area contributed by atoms with Crippen LogP contribution < -0.4 is 18.9 Å². The summed E-state index contributed by atoms with van der Waals surface area (Å²) in [6.45, 7) is 1.12. The molecule has 1 saturated heterocycles. The van der Waals surface area contributed by atoms with Gasteiger partial charge in [0.05, 0.1) is 52.8 Å². The average Bonchev–Trinajstić information content (AvgIpc) is 2.73. The summed E-state index contributed by atoms with van der Waals surface area (Å²) >= 11 is 0. The fourth-order valence-electron chi connectivity index (χ4n) is 3.13. The summed E-state index contributed by atoms with van der Waals surface area (Å²) in [6.07, 6.45) is 0.818. The molecule has 0 aromatic heterocycles. The number of rotatable bonds is 6. The average molecular weight is 360 g/mol. The van der Waals surface area contributed by atoms with Crippen LogP contribution in [0, 0.1) is 0 Å². The van der Waals surface area contributed by atoms with E-state index in [0.29, 0.717) is 36.2 Å². The fourth-order valence-corrected chi connectivity index (χ4v) is 3.13. The van der Waals surface area contributed by atoms with E-state index in [2.05, 4.69) is 0 Å². The quantitative estimate of drug-likeness (QED) is 0.787. The predicted molar refractivity (Wildman–Crippen MR) is 96.4 cm³/mol. The highest BCUT2D eigenvalue weighted by Crippen LogP contribution is 2.46. The first-order valence-electron chi connectivity index (χ1n) is 8.41. The van der Waals surface area contributed by atoms with E-state index >= 15 is 0 Å². The third-order valence-electron chi connectivity index (χ3n) is 4.43. The van der Waals surface area contributed by atoms with E-state index in [9.17, 15) is 0 Å². The smallest absolute Gasteiger partial charge is 0.229 e. The molecule has 0 saturated carbocycles. The normalized spacial score (nSPS) is 16.0. The molecule has 1 aliphatic rings. The van der Waals surface area contributed by atoms with Crippen molar-refractivity contribution in [3.8, 4) is 23.0 Å². The number of hydrogen-bond donors (Lipinski definition) is 0. The van der Waals surface area contributed by atoms with Crippen molar-refractivity contribution in [1.29, 1.82) is 0 Å². The Morgan fingerprint density at radius 2 is 1.15 bits per heavy atom. The molecule has 1 aliphatic heterocycles. The van der Waals surface area contributed by atoms with Crippen LogP contribution in [0.15, 0.2) is 36.4 Å². The van der Waals surface area contributed by atoms with Gasteiger partial charge in [0.1, 0.15) is 23.0 Å². The summed E-state index contributed by atoms with van der Waals surface area (Å²) < 4.78 is 34.2. The second-order valence-corrected chi connectivity index (χ2v) is 5.80. The second-order valence-electron chi connectivity index (χ2n) is 5.80. The van der Waals surface area contributed by atoms with Crippen LogP contribution in [0.4, 0.5) is 0 Å². The van der Waals surface area contributed by atoms with Gasteiger partial charge in [-0.15, -0.1) is 0 Å². The summed E-state index contributed by atoms with van der Waals surface area (Å²) in [7, 11) is 6.45. The zero-order valence-corrected chi connectivity index (χ0v) is 15.5. The molecule has 0 unspecified atom stereocenters. The summed E-state index contributed by atoms with van der Waals surface area (Å²) in [5.41, 5.74) is 1.51. The minimum Gasteiger partial charge on any atom is -0.497 e. The zero-order valence-electron chi connectivity index (χ0n) is 15.5. The van der Waals surface area contributed by atoms with E-state index in [1.54, 1.807) is 28.4 Å². The lowest BCUT2D eigenvalue weighted by molar-refractivity contribution is -0.250. The molecule has 0 spiro atoms. The van der Waals surface area contributed by atoms with E-state index in [1.807, 2.05) is 36.4 Å². The Labute approximate surface area is 153 Å². The van der Waals surface area contributed by atoms with Gasteiger partial charge in [0.25, 0.3) is 0 Å². The predicted octanol–water partition coefficient (Wildman–Crippen LogP) is 3.36. The summed E-state index contributed by atoms with van der Waals surface area (Å²) in [6, 6.07) is 11.1. The maximum Gasteiger partial charge on any atom is 0.229 e. The van der Waals surface area contributed by atoms with Crippen LogP contribution in [-0.2, 0) is 15.3 Å². The van der Waals surface area contributed by atoms with Gasteiger partial charge in [-0.25, -0.2) is 0 Å². The van der Waals surface area contributed by atoms with Crippen LogP contribution in [0.2, 0.25) is 0 Å². The van der Waals surface area contributed by atoms with Gasteiger partial charge in [0.15, 0.2) is 0 Å². The van der Waals surface area contributed by atoms with E-state index < -0.39 is 5.79 Å². The maximum absolute atomic E-state index is 6.21. The molecule has 0 N–H and O–H groups in total. The number of benzene rings is 2. The molecule has 0 bridgehead atoms. The van der Waals surface area contributed by atoms with Crippen molar-refractivity contribution in [2.75, 3.05) is 41.7 Å². The van der Waals surface area contributed by atoms with Crippen molar-refractivity contribution in [3.63, 3.8) is 0 Å². The van der Waals surface area contributed by atoms with Gasteiger partial charge in [-0.2, -0.15) is 0 Å². The molecular weight excluding hydrogens is 336 g/mol. The minimum absolute atomic E-state index is 0.560.